The summed E-state index contributed by atoms with van der Waals surface area (Å²) in [5.41, 5.74) is 1.85. The third kappa shape index (κ3) is 2.92. The van der Waals surface area contributed by atoms with Gasteiger partial charge >= 0.3 is 6.36 Å². The summed E-state index contributed by atoms with van der Waals surface area (Å²) in [6.45, 7) is 3.60. The summed E-state index contributed by atoms with van der Waals surface area (Å²) in [6.07, 6.45) is -3.12. The van der Waals surface area contributed by atoms with Crippen LogP contribution in [0.25, 0.3) is 17.2 Å². The molecule has 5 heteroatoms. The summed E-state index contributed by atoms with van der Waals surface area (Å²) in [6, 6.07) is 6.20. The minimum atomic E-state index is -4.69. The summed E-state index contributed by atoms with van der Waals surface area (Å²) < 4.78 is 40.9. The number of alkyl halides is 3. The lowest BCUT2D eigenvalue weighted by molar-refractivity contribution is -0.274. The van der Waals surface area contributed by atoms with Crippen LogP contribution in [-0.2, 0) is 0 Å². The molecule has 0 atom stereocenters. The smallest absolute Gasteiger partial charge is 0.405 e. The highest BCUT2D eigenvalue weighted by Crippen LogP contribution is 2.35. The fraction of sp³-hybridized carbons (Fsp3) is 0.0769. The lowest BCUT2D eigenvalue weighted by Crippen LogP contribution is -2.17. The molecule has 0 saturated carbocycles. The largest absolute Gasteiger partial charge is 0.573 e. The minimum absolute atomic E-state index is 0.202. The molecule has 0 aliphatic heterocycles. The Labute approximate surface area is 106 Å². The van der Waals surface area contributed by atoms with Crippen molar-refractivity contribution in [1.29, 1.82) is 0 Å². The average Bonchev–Trinajstić information content (AvgIpc) is 2.81. The second-order valence-corrected chi connectivity index (χ2v) is 4.30. The number of hydrogen-bond donors (Lipinski definition) is 0. The van der Waals surface area contributed by atoms with Crippen LogP contribution in [0, 0.1) is 0 Å². The molecular formula is C13H9F3OS. The number of halogens is 3. The van der Waals surface area contributed by atoms with Crippen LogP contribution >= 0.6 is 11.3 Å². The lowest BCUT2D eigenvalue weighted by atomic mass is 10.0. The monoisotopic (exact) mass is 270 g/mol. The molecule has 18 heavy (non-hydrogen) atoms. The second-order valence-electron chi connectivity index (χ2n) is 3.52. The summed E-state index contributed by atoms with van der Waals surface area (Å²) in [5, 5.41) is 3.57. The first-order valence-corrected chi connectivity index (χ1v) is 5.99. The van der Waals surface area contributed by atoms with E-state index in [0.717, 1.165) is 5.56 Å². The standard InChI is InChI=1S/C13H9F3OS/c1-2-9-3-4-12(17-13(14,15)16)11(7-9)10-5-6-18-8-10/h2-8H,1H2. The van der Waals surface area contributed by atoms with E-state index in [9.17, 15) is 13.2 Å². The van der Waals surface area contributed by atoms with Crippen molar-refractivity contribution in [1.82, 2.24) is 0 Å². The molecule has 94 valence electrons. The van der Waals surface area contributed by atoms with Crippen LogP contribution in [0.4, 0.5) is 13.2 Å². The van der Waals surface area contributed by atoms with Gasteiger partial charge in [-0.1, -0.05) is 18.7 Å². The maximum absolute atomic E-state index is 12.3. The van der Waals surface area contributed by atoms with Crippen LogP contribution < -0.4 is 4.74 Å². The molecule has 2 rings (SSSR count). The van der Waals surface area contributed by atoms with Gasteiger partial charge < -0.3 is 4.74 Å². The van der Waals surface area contributed by atoms with Gasteiger partial charge in [-0.15, -0.1) is 13.2 Å². The van der Waals surface area contributed by atoms with E-state index in [-0.39, 0.29) is 5.75 Å². The van der Waals surface area contributed by atoms with Gasteiger partial charge in [-0.05, 0) is 40.1 Å². The van der Waals surface area contributed by atoms with Crippen molar-refractivity contribution in [3.05, 3.63) is 47.2 Å². The molecule has 0 fully saturated rings. The van der Waals surface area contributed by atoms with Crippen molar-refractivity contribution in [2.45, 2.75) is 6.36 Å². The maximum Gasteiger partial charge on any atom is 0.573 e. The van der Waals surface area contributed by atoms with Crippen LogP contribution in [0.5, 0.6) is 5.75 Å². The number of rotatable bonds is 3. The first-order chi connectivity index (χ1) is 8.49. The third-order valence-corrected chi connectivity index (χ3v) is 2.98. The summed E-state index contributed by atoms with van der Waals surface area (Å²) in [4.78, 5) is 0. The molecule has 1 aromatic carbocycles. The zero-order valence-corrected chi connectivity index (χ0v) is 10.0. The second kappa shape index (κ2) is 4.86. The Morgan fingerprint density at radius 2 is 2.00 bits per heavy atom. The van der Waals surface area contributed by atoms with Crippen molar-refractivity contribution in [2.24, 2.45) is 0 Å². The predicted molar refractivity (Wildman–Crippen MR) is 66.5 cm³/mol. The molecule has 1 heterocycles. The molecule has 0 aliphatic carbocycles. The van der Waals surface area contributed by atoms with E-state index in [1.165, 1.54) is 23.5 Å². The molecule has 2 aromatic rings. The fourth-order valence-corrected chi connectivity index (χ4v) is 2.19. The Balaban J connectivity index is 2.49. The summed E-state index contributed by atoms with van der Waals surface area (Å²) in [7, 11) is 0. The van der Waals surface area contributed by atoms with Crippen molar-refractivity contribution in [3.8, 4) is 16.9 Å². The van der Waals surface area contributed by atoms with E-state index in [1.54, 1.807) is 29.0 Å². The lowest BCUT2D eigenvalue weighted by Gasteiger charge is -2.13. The van der Waals surface area contributed by atoms with Crippen molar-refractivity contribution in [2.75, 3.05) is 0 Å². The molecule has 0 amide bonds. The zero-order chi connectivity index (χ0) is 13.2. The molecular weight excluding hydrogens is 261 g/mol. The van der Waals surface area contributed by atoms with Crippen LogP contribution in [0.2, 0.25) is 0 Å². The van der Waals surface area contributed by atoms with E-state index >= 15 is 0 Å². The fourth-order valence-electron chi connectivity index (χ4n) is 1.53. The van der Waals surface area contributed by atoms with Crippen LogP contribution in [0.1, 0.15) is 5.56 Å². The Morgan fingerprint density at radius 3 is 2.56 bits per heavy atom. The molecule has 0 bridgehead atoms. The quantitative estimate of drug-likeness (QED) is 0.766. The van der Waals surface area contributed by atoms with Gasteiger partial charge in [-0.3, -0.25) is 0 Å². The number of thiophene rings is 1. The Hall–Kier alpha value is -1.75. The van der Waals surface area contributed by atoms with Gasteiger partial charge in [0, 0.05) is 5.56 Å². The number of ether oxygens (including phenoxy) is 1. The summed E-state index contributed by atoms with van der Waals surface area (Å²) in [5.74, 6) is -0.202. The van der Waals surface area contributed by atoms with E-state index in [1.807, 2.05) is 0 Å². The normalized spacial score (nSPS) is 11.3. The third-order valence-electron chi connectivity index (χ3n) is 2.30. The Bertz CT molecular complexity index is 544. The van der Waals surface area contributed by atoms with Crippen LogP contribution in [0.15, 0.2) is 41.6 Å². The zero-order valence-electron chi connectivity index (χ0n) is 9.20. The molecule has 0 aliphatic rings. The van der Waals surface area contributed by atoms with Crippen LogP contribution in [-0.4, -0.2) is 6.36 Å². The first-order valence-electron chi connectivity index (χ1n) is 5.04. The van der Waals surface area contributed by atoms with Crippen molar-refractivity contribution in [3.63, 3.8) is 0 Å². The van der Waals surface area contributed by atoms with E-state index in [2.05, 4.69) is 11.3 Å². The SMILES string of the molecule is C=Cc1ccc(OC(F)(F)F)c(-c2ccsc2)c1. The molecule has 0 spiro atoms. The van der Waals surface area contributed by atoms with E-state index in [4.69, 9.17) is 0 Å². The molecule has 0 saturated heterocycles. The van der Waals surface area contributed by atoms with Gasteiger partial charge in [-0.25, -0.2) is 0 Å². The highest BCUT2D eigenvalue weighted by molar-refractivity contribution is 7.08. The van der Waals surface area contributed by atoms with Gasteiger partial charge in [0.05, 0.1) is 0 Å². The van der Waals surface area contributed by atoms with Gasteiger partial charge in [0.2, 0.25) is 0 Å². The molecule has 0 N–H and O–H groups in total. The molecule has 0 unspecified atom stereocenters. The maximum atomic E-state index is 12.3. The first kappa shape index (κ1) is 12.7. The number of hydrogen-bond acceptors (Lipinski definition) is 2. The van der Waals surface area contributed by atoms with Gasteiger partial charge in [0.15, 0.2) is 0 Å². The van der Waals surface area contributed by atoms with Gasteiger partial charge in [0.1, 0.15) is 5.75 Å². The Morgan fingerprint density at radius 1 is 1.22 bits per heavy atom. The topological polar surface area (TPSA) is 9.23 Å². The number of benzene rings is 1. The van der Waals surface area contributed by atoms with Gasteiger partial charge in [-0.2, -0.15) is 11.3 Å². The van der Waals surface area contributed by atoms with E-state index in [0.29, 0.717) is 11.1 Å². The minimum Gasteiger partial charge on any atom is -0.405 e. The molecule has 0 radical (unpaired) electrons. The van der Waals surface area contributed by atoms with Crippen molar-refractivity contribution >= 4 is 17.4 Å². The molecule has 1 aromatic heterocycles. The Kier molecular flexibility index (Phi) is 3.43. The van der Waals surface area contributed by atoms with Gasteiger partial charge in [0.25, 0.3) is 0 Å². The van der Waals surface area contributed by atoms with E-state index < -0.39 is 6.36 Å². The van der Waals surface area contributed by atoms with Crippen molar-refractivity contribution < 1.29 is 17.9 Å². The highest BCUT2D eigenvalue weighted by Gasteiger charge is 2.32. The summed E-state index contributed by atoms with van der Waals surface area (Å²) >= 11 is 1.41. The predicted octanol–water partition coefficient (Wildman–Crippen LogP) is 4.96. The molecule has 1 nitrogen and oxygen atoms in total. The average molecular weight is 270 g/mol. The van der Waals surface area contributed by atoms with Crippen LogP contribution in [0.3, 0.4) is 0 Å². The highest BCUT2D eigenvalue weighted by atomic mass is 32.1.